The number of aromatic nitrogens is 4. The number of aryl methyl sites for hydroxylation is 1. The Labute approximate surface area is 147 Å². The van der Waals surface area contributed by atoms with Gasteiger partial charge in [0.2, 0.25) is 0 Å². The Morgan fingerprint density at radius 3 is 2.92 bits per heavy atom. The second-order valence-electron chi connectivity index (χ2n) is 6.18. The van der Waals surface area contributed by atoms with Crippen LogP contribution in [-0.4, -0.2) is 32.8 Å². The van der Waals surface area contributed by atoms with Crippen LogP contribution in [0.5, 0.6) is 0 Å². The van der Waals surface area contributed by atoms with Gasteiger partial charge < -0.3 is 9.88 Å². The molecule has 0 aromatic carbocycles. The molecule has 0 aliphatic carbocycles. The molecule has 1 N–H and O–H groups in total. The fraction of sp³-hybridized carbons (Fsp3) is 0.353. The lowest BCUT2D eigenvalue weighted by Gasteiger charge is -2.33. The third kappa shape index (κ3) is 2.53. The lowest BCUT2D eigenvalue weighted by atomic mass is 9.89. The minimum Gasteiger partial charge on any atom is -0.369 e. The molecule has 0 amide bonds. The highest BCUT2D eigenvalue weighted by atomic mass is 79.9. The Bertz CT molecular complexity index is 940. The van der Waals surface area contributed by atoms with Gasteiger partial charge in [-0.15, -0.1) is 0 Å². The molecule has 24 heavy (non-hydrogen) atoms. The van der Waals surface area contributed by atoms with Crippen molar-refractivity contribution in [2.45, 2.75) is 18.8 Å². The molecular formula is C17H18BrN5O. The number of piperidine rings is 1. The van der Waals surface area contributed by atoms with Crippen LogP contribution >= 0.6 is 15.9 Å². The first-order valence-electron chi connectivity index (χ1n) is 8.04. The maximum Gasteiger partial charge on any atom is 0.282 e. The van der Waals surface area contributed by atoms with E-state index in [1.54, 1.807) is 13.2 Å². The predicted molar refractivity (Wildman–Crippen MR) is 97.5 cm³/mol. The summed E-state index contributed by atoms with van der Waals surface area (Å²) in [5.74, 6) is 0.512. The van der Waals surface area contributed by atoms with Gasteiger partial charge in [-0.25, -0.2) is 9.67 Å². The summed E-state index contributed by atoms with van der Waals surface area (Å²) in [4.78, 5) is 21.9. The van der Waals surface area contributed by atoms with Crippen LogP contribution in [0.3, 0.4) is 0 Å². The zero-order valence-corrected chi connectivity index (χ0v) is 15.0. The maximum absolute atomic E-state index is 12.0. The minimum absolute atomic E-state index is 0.0997. The molecule has 1 fully saturated rings. The molecule has 1 saturated heterocycles. The number of fused-ring (bicyclic) bond motifs is 1. The highest BCUT2D eigenvalue weighted by molar-refractivity contribution is 9.10. The van der Waals surface area contributed by atoms with Gasteiger partial charge in [-0.1, -0.05) is 0 Å². The average Bonchev–Trinajstić information content (AvgIpc) is 3.04. The number of halogens is 1. The molecule has 3 aromatic heterocycles. The standard InChI is InChI=1S/C17H18BrN5O/c1-22-17(24)15(18)14(10-21-22)23-7-4-11(5-8-23)13-9-20-16-12(13)3-2-6-19-16/h2-3,6,9-11H,4-5,7-8H2,1H3,(H,19,20). The summed E-state index contributed by atoms with van der Waals surface area (Å²) >= 11 is 3.42. The number of aromatic amines is 1. The number of rotatable bonds is 2. The molecule has 0 bridgehead atoms. The molecule has 124 valence electrons. The summed E-state index contributed by atoms with van der Waals surface area (Å²) in [5.41, 5.74) is 3.09. The van der Waals surface area contributed by atoms with E-state index < -0.39 is 0 Å². The van der Waals surface area contributed by atoms with Crippen molar-refractivity contribution < 1.29 is 0 Å². The number of nitrogens with one attached hydrogen (secondary N) is 1. The molecule has 0 saturated carbocycles. The first-order chi connectivity index (χ1) is 11.6. The third-order valence-corrected chi connectivity index (χ3v) is 5.56. The largest absolute Gasteiger partial charge is 0.369 e. The normalized spacial score (nSPS) is 16.0. The molecule has 4 heterocycles. The summed E-state index contributed by atoms with van der Waals surface area (Å²) in [5, 5.41) is 5.36. The van der Waals surface area contributed by atoms with Crippen LogP contribution in [-0.2, 0) is 7.05 Å². The van der Waals surface area contributed by atoms with Crippen molar-refractivity contribution in [3.05, 3.63) is 51.1 Å². The van der Waals surface area contributed by atoms with Gasteiger partial charge in [0.05, 0.1) is 11.9 Å². The van der Waals surface area contributed by atoms with Gasteiger partial charge in [0.15, 0.2) is 0 Å². The van der Waals surface area contributed by atoms with Crippen LogP contribution in [0.1, 0.15) is 24.3 Å². The van der Waals surface area contributed by atoms with Crippen molar-refractivity contribution in [1.29, 1.82) is 0 Å². The van der Waals surface area contributed by atoms with Crippen molar-refractivity contribution in [3.8, 4) is 0 Å². The number of anilines is 1. The predicted octanol–water partition coefficient (Wildman–Crippen LogP) is 2.80. The Hall–Kier alpha value is -2.15. The zero-order valence-electron chi connectivity index (χ0n) is 13.4. The Morgan fingerprint density at radius 2 is 2.12 bits per heavy atom. The van der Waals surface area contributed by atoms with Crippen molar-refractivity contribution >= 4 is 32.7 Å². The van der Waals surface area contributed by atoms with Crippen LogP contribution in [0.2, 0.25) is 0 Å². The van der Waals surface area contributed by atoms with Gasteiger partial charge in [-0.2, -0.15) is 5.10 Å². The summed E-state index contributed by atoms with van der Waals surface area (Å²) in [6.07, 6.45) is 7.76. The fourth-order valence-corrected chi connectivity index (χ4v) is 4.08. The fourth-order valence-electron chi connectivity index (χ4n) is 3.47. The summed E-state index contributed by atoms with van der Waals surface area (Å²) in [6, 6.07) is 4.11. The number of hydrogen-bond acceptors (Lipinski definition) is 4. The number of nitrogens with zero attached hydrogens (tertiary/aromatic N) is 4. The first-order valence-corrected chi connectivity index (χ1v) is 8.83. The topological polar surface area (TPSA) is 66.8 Å². The van der Waals surface area contributed by atoms with Crippen LogP contribution < -0.4 is 10.5 Å². The van der Waals surface area contributed by atoms with E-state index in [4.69, 9.17) is 0 Å². The highest BCUT2D eigenvalue weighted by Crippen LogP contribution is 2.34. The molecule has 4 rings (SSSR count). The van der Waals surface area contributed by atoms with E-state index in [0.717, 1.165) is 37.3 Å². The molecule has 0 spiro atoms. The van der Waals surface area contributed by atoms with Crippen LogP contribution in [0.4, 0.5) is 5.69 Å². The summed E-state index contributed by atoms with van der Waals surface area (Å²) in [7, 11) is 1.66. The molecule has 3 aromatic rings. The van der Waals surface area contributed by atoms with Crippen molar-refractivity contribution in [2.24, 2.45) is 7.05 Å². The van der Waals surface area contributed by atoms with Crippen LogP contribution in [0.15, 0.2) is 40.0 Å². The molecular weight excluding hydrogens is 370 g/mol. The number of hydrogen-bond donors (Lipinski definition) is 1. The van der Waals surface area contributed by atoms with Gasteiger partial charge in [0.1, 0.15) is 10.1 Å². The lowest BCUT2D eigenvalue weighted by molar-refractivity contribution is 0.505. The summed E-state index contributed by atoms with van der Waals surface area (Å²) < 4.78 is 1.94. The van der Waals surface area contributed by atoms with Gasteiger partial charge in [0, 0.05) is 37.9 Å². The second-order valence-corrected chi connectivity index (χ2v) is 6.97. The molecule has 1 aliphatic rings. The van der Waals surface area contributed by atoms with E-state index in [2.05, 4.69) is 48.2 Å². The van der Waals surface area contributed by atoms with E-state index >= 15 is 0 Å². The van der Waals surface area contributed by atoms with Gasteiger partial charge in [-0.3, -0.25) is 4.79 Å². The van der Waals surface area contributed by atoms with E-state index in [0.29, 0.717) is 10.4 Å². The lowest BCUT2D eigenvalue weighted by Crippen LogP contribution is -2.35. The van der Waals surface area contributed by atoms with Crippen molar-refractivity contribution in [2.75, 3.05) is 18.0 Å². The number of pyridine rings is 1. The van der Waals surface area contributed by atoms with Crippen LogP contribution in [0, 0.1) is 0 Å². The number of H-pyrrole nitrogens is 1. The quantitative estimate of drug-likeness (QED) is 0.733. The molecule has 1 aliphatic heterocycles. The van der Waals surface area contributed by atoms with Crippen molar-refractivity contribution in [1.82, 2.24) is 19.7 Å². The second kappa shape index (κ2) is 6.05. The van der Waals surface area contributed by atoms with E-state index in [-0.39, 0.29) is 5.56 Å². The SMILES string of the molecule is Cn1ncc(N2CCC(c3c[nH]c4ncccc34)CC2)c(Br)c1=O. The first kappa shape index (κ1) is 15.4. The Balaban J connectivity index is 1.55. The Kier molecular flexibility index (Phi) is 3.88. The smallest absolute Gasteiger partial charge is 0.282 e. The zero-order chi connectivity index (χ0) is 16.7. The third-order valence-electron chi connectivity index (χ3n) is 4.82. The van der Waals surface area contributed by atoms with Gasteiger partial charge in [-0.05, 0) is 52.4 Å². The van der Waals surface area contributed by atoms with Gasteiger partial charge >= 0.3 is 0 Å². The van der Waals surface area contributed by atoms with Gasteiger partial charge in [0.25, 0.3) is 5.56 Å². The highest BCUT2D eigenvalue weighted by Gasteiger charge is 2.25. The van der Waals surface area contributed by atoms with Crippen LogP contribution in [0.25, 0.3) is 11.0 Å². The Morgan fingerprint density at radius 1 is 1.33 bits per heavy atom. The monoisotopic (exact) mass is 387 g/mol. The minimum atomic E-state index is -0.0997. The molecule has 0 atom stereocenters. The summed E-state index contributed by atoms with van der Waals surface area (Å²) in [6.45, 7) is 1.82. The van der Waals surface area contributed by atoms with E-state index in [1.807, 2.05) is 12.3 Å². The molecule has 6 nitrogen and oxygen atoms in total. The molecule has 7 heteroatoms. The maximum atomic E-state index is 12.0. The van der Waals surface area contributed by atoms with E-state index in [9.17, 15) is 4.79 Å². The molecule has 0 radical (unpaired) electrons. The van der Waals surface area contributed by atoms with E-state index in [1.165, 1.54) is 15.6 Å². The molecule has 0 unspecified atom stereocenters. The van der Waals surface area contributed by atoms with Crippen molar-refractivity contribution in [3.63, 3.8) is 0 Å². The average molecular weight is 388 g/mol.